The second kappa shape index (κ2) is 6.69. The zero-order valence-corrected chi connectivity index (χ0v) is 13.1. The van der Waals surface area contributed by atoms with Crippen molar-refractivity contribution < 1.29 is 9.53 Å². The molecule has 116 valence electrons. The number of carbonyl (C=O) groups excluding carboxylic acids is 1. The van der Waals surface area contributed by atoms with Gasteiger partial charge in [0.05, 0.1) is 12.8 Å². The molecule has 0 N–H and O–H groups in total. The Morgan fingerprint density at radius 3 is 2.82 bits per heavy atom. The van der Waals surface area contributed by atoms with E-state index in [0.29, 0.717) is 30.5 Å². The summed E-state index contributed by atoms with van der Waals surface area (Å²) < 4.78 is 9.17. The van der Waals surface area contributed by atoms with Crippen LogP contribution in [-0.2, 0) is 0 Å². The second-order valence-corrected chi connectivity index (χ2v) is 5.61. The standard InChI is InChI=1S/C14H17N5O2S/c1-2-21-13-5-3-4-12(16-13)18-6-8-19(9-7-18)14(20)11-10-15-17-22-11/h3-5,10H,2,6-9H2,1H3. The molecule has 22 heavy (non-hydrogen) atoms. The molecule has 2 aromatic heterocycles. The molecule has 1 aliphatic heterocycles. The number of rotatable bonds is 4. The van der Waals surface area contributed by atoms with Crippen molar-refractivity contribution in [2.24, 2.45) is 0 Å². The fourth-order valence-electron chi connectivity index (χ4n) is 2.36. The van der Waals surface area contributed by atoms with Crippen LogP contribution in [0.25, 0.3) is 0 Å². The number of hydrogen-bond donors (Lipinski definition) is 0. The van der Waals surface area contributed by atoms with E-state index in [-0.39, 0.29) is 5.91 Å². The van der Waals surface area contributed by atoms with Gasteiger partial charge in [-0.1, -0.05) is 10.6 Å². The summed E-state index contributed by atoms with van der Waals surface area (Å²) in [5.74, 6) is 1.53. The molecular weight excluding hydrogens is 302 g/mol. The molecule has 2 aromatic rings. The lowest BCUT2D eigenvalue weighted by Crippen LogP contribution is -2.48. The van der Waals surface area contributed by atoms with Gasteiger partial charge in [-0.2, -0.15) is 4.98 Å². The zero-order valence-electron chi connectivity index (χ0n) is 12.3. The Kier molecular flexibility index (Phi) is 4.47. The van der Waals surface area contributed by atoms with Crippen molar-refractivity contribution in [3.63, 3.8) is 0 Å². The van der Waals surface area contributed by atoms with Crippen molar-refractivity contribution in [1.82, 2.24) is 19.5 Å². The number of piperazine rings is 1. The number of carbonyl (C=O) groups is 1. The molecule has 0 unspecified atom stereocenters. The molecule has 0 aromatic carbocycles. The number of anilines is 1. The van der Waals surface area contributed by atoms with Gasteiger partial charge < -0.3 is 14.5 Å². The third-order valence-electron chi connectivity index (χ3n) is 3.46. The largest absolute Gasteiger partial charge is 0.478 e. The highest BCUT2D eigenvalue weighted by molar-refractivity contribution is 7.07. The molecule has 1 fully saturated rings. The Balaban J connectivity index is 1.62. The van der Waals surface area contributed by atoms with Crippen LogP contribution in [0.2, 0.25) is 0 Å². The molecule has 0 spiro atoms. The maximum atomic E-state index is 12.2. The molecule has 0 bridgehead atoms. The quantitative estimate of drug-likeness (QED) is 0.846. The van der Waals surface area contributed by atoms with Crippen LogP contribution in [0.5, 0.6) is 5.88 Å². The van der Waals surface area contributed by atoms with E-state index in [1.807, 2.05) is 30.0 Å². The van der Waals surface area contributed by atoms with Gasteiger partial charge in [0, 0.05) is 32.2 Å². The highest BCUT2D eigenvalue weighted by atomic mass is 32.1. The fraction of sp³-hybridized carbons (Fsp3) is 0.429. The molecule has 7 nitrogen and oxygen atoms in total. The molecule has 8 heteroatoms. The fourth-order valence-corrected chi connectivity index (χ4v) is 2.85. The van der Waals surface area contributed by atoms with Gasteiger partial charge in [0.2, 0.25) is 5.88 Å². The van der Waals surface area contributed by atoms with E-state index in [0.717, 1.165) is 30.4 Å². The lowest BCUT2D eigenvalue weighted by Gasteiger charge is -2.35. The number of pyridine rings is 1. The van der Waals surface area contributed by atoms with Gasteiger partial charge in [-0.3, -0.25) is 4.79 Å². The number of amides is 1. The summed E-state index contributed by atoms with van der Waals surface area (Å²) in [5, 5.41) is 3.71. The molecule has 0 radical (unpaired) electrons. The maximum Gasteiger partial charge on any atom is 0.267 e. The third kappa shape index (κ3) is 3.16. The van der Waals surface area contributed by atoms with Crippen LogP contribution in [-0.4, -0.2) is 58.2 Å². The van der Waals surface area contributed by atoms with Crippen LogP contribution in [0, 0.1) is 0 Å². The lowest BCUT2D eigenvalue weighted by molar-refractivity contribution is 0.0751. The first kappa shape index (κ1) is 14.7. The summed E-state index contributed by atoms with van der Waals surface area (Å²) in [4.78, 5) is 21.3. The summed E-state index contributed by atoms with van der Waals surface area (Å²) in [7, 11) is 0. The van der Waals surface area contributed by atoms with Crippen LogP contribution in [0.15, 0.2) is 24.4 Å². The molecule has 1 saturated heterocycles. The van der Waals surface area contributed by atoms with Crippen LogP contribution in [0.1, 0.15) is 16.6 Å². The third-order valence-corrected chi connectivity index (χ3v) is 4.12. The Bertz CT molecular complexity index is 626. The SMILES string of the molecule is CCOc1cccc(N2CCN(C(=O)c3cnns3)CC2)n1. The van der Waals surface area contributed by atoms with E-state index < -0.39 is 0 Å². The first-order chi connectivity index (χ1) is 10.8. The van der Waals surface area contributed by atoms with Crippen molar-refractivity contribution in [3.8, 4) is 5.88 Å². The van der Waals surface area contributed by atoms with E-state index in [2.05, 4.69) is 19.5 Å². The summed E-state index contributed by atoms with van der Waals surface area (Å²) >= 11 is 1.13. The molecule has 3 heterocycles. The average Bonchev–Trinajstić information content (AvgIpc) is 3.09. The topological polar surface area (TPSA) is 71.5 Å². The number of ether oxygens (including phenoxy) is 1. The Hall–Kier alpha value is -2.22. The molecule has 1 aliphatic rings. The van der Waals surface area contributed by atoms with Crippen molar-refractivity contribution in [2.45, 2.75) is 6.92 Å². The van der Waals surface area contributed by atoms with Crippen LogP contribution >= 0.6 is 11.5 Å². The zero-order chi connectivity index (χ0) is 15.4. The molecule has 0 saturated carbocycles. The van der Waals surface area contributed by atoms with Crippen LogP contribution < -0.4 is 9.64 Å². The van der Waals surface area contributed by atoms with E-state index in [1.165, 1.54) is 6.20 Å². The van der Waals surface area contributed by atoms with Crippen molar-refractivity contribution in [1.29, 1.82) is 0 Å². The minimum Gasteiger partial charge on any atom is -0.478 e. The van der Waals surface area contributed by atoms with E-state index in [1.54, 1.807) is 0 Å². The van der Waals surface area contributed by atoms with Gasteiger partial charge in [0.1, 0.15) is 10.7 Å². The number of hydrogen-bond acceptors (Lipinski definition) is 7. The normalized spacial score (nSPS) is 15.0. The van der Waals surface area contributed by atoms with Gasteiger partial charge in [-0.25, -0.2) is 0 Å². The monoisotopic (exact) mass is 319 g/mol. The van der Waals surface area contributed by atoms with Gasteiger partial charge in [0.15, 0.2) is 0 Å². The van der Waals surface area contributed by atoms with Crippen LogP contribution in [0.4, 0.5) is 5.82 Å². The first-order valence-corrected chi connectivity index (χ1v) is 7.96. The first-order valence-electron chi connectivity index (χ1n) is 7.19. The average molecular weight is 319 g/mol. The number of aromatic nitrogens is 3. The highest BCUT2D eigenvalue weighted by Crippen LogP contribution is 2.18. The number of nitrogens with zero attached hydrogens (tertiary/aromatic N) is 5. The van der Waals surface area contributed by atoms with Gasteiger partial charge in [0.25, 0.3) is 5.91 Å². The Morgan fingerprint density at radius 2 is 2.14 bits per heavy atom. The molecule has 0 aliphatic carbocycles. The smallest absolute Gasteiger partial charge is 0.267 e. The molecule has 0 atom stereocenters. The summed E-state index contributed by atoms with van der Waals surface area (Å²) in [6, 6.07) is 5.75. The van der Waals surface area contributed by atoms with Crippen molar-refractivity contribution in [2.75, 3.05) is 37.7 Å². The lowest BCUT2D eigenvalue weighted by atomic mass is 10.3. The van der Waals surface area contributed by atoms with Crippen LogP contribution in [0.3, 0.4) is 0 Å². The predicted molar refractivity (Wildman–Crippen MR) is 83.4 cm³/mol. The summed E-state index contributed by atoms with van der Waals surface area (Å²) in [6.45, 7) is 5.37. The maximum absolute atomic E-state index is 12.2. The molecule has 1 amide bonds. The molecular formula is C14H17N5O2S. The molecule has 3 rings (SSSR count). The van der Waals surface area contributed by atoms with Crippen molar-refractivity contribution >= 4 is 23.3 Å². The van der Waals surface area contributed by atoms with E-state index in [4.69, 9.17) is 4.74 Å². The van der Waals surface area contributed by atoms with Gasteiger partial charge in [-0.05, 0) is 24.5 Å². The van der Waals surface area contributed by atoms with Gasteiger partial charge >= 0.3 is 0 Å². The summed E-state index contributed by atoms with van der Waals surface area (Å²) in [6.07, 6.45) is 1.52. The minimum atomic E-state index is 0.00526. The Labute approximate surface area is 132 Å². The Morgan fingerprint density at radius 1 is 1.32 bits per heavy atom. The minimum absolute atomic E-state index is 0.00526. The van der Waals surface area contributed by atoms with Gasteiger partial charge in [-0.15, -0.1) is 5.10 Å². The predicted octanol–water partition coefficient (Wildman–Crippen LogP) is 1.29. The summed E-state index contributed by atoms with van der Waals surface area (Å²) in [5.41, 5.74) is 0. The van der Waals surface area contributed by atoms with E-state index >= 15 is 0 Å². The second-order valence-electron chi connectivity index (χ2n) is 4.83. The highest BCUT2D eigenvalue weighted by Gasteiger charge is 2.24. The van der Waals surface area contributed by atoms with Crippen molar-refractivity contribution in [3.05, 3.63) is 29.3 Å². The van der Waals surface area contributed by atoms with E-state index in [9.17, 15) is 4.79 Å².